The van der Waals surface area contributed by atoms with Crippen LogP contribution in [-0.2, 0) is 0 Å². The SMILES string of the molecule is C=CC(=C)N(c1ccc(F)c(F)c1)C(C)(C)C. The van der Waals surface area contributed by atoms with Crippen molar-refractivity contribution in [2.45, 2.75) is 26.3 Å². The van der Waals surface area contributed by atoms with Crippen molar-refractivity contribution in [1.29, 1.82) is 0 Å². The Morgan fingerprint density at radius 1 is 1.24 bits per heavy atom. The lowest BCUT2D eigenvalue weighted by Gasteiger charge is -2.38. The van der Waals surface area contributed by atoms with Gasteiger partial charge < -0.3 is 4.90 Å². The highest BCUT2D eigenvalue weighted by molar-refractivity contribution is 5.56. The third-order valence-corrected chi connectivity index (χ3v) is 2.36. The highest BCUT2D eigenvalue weighted by Gasteiger charge is 2.23. The minimum atomic E-state index is -0.867. The summed E-state index contributed by atoms with van der Waals surface area (Å²) in [5.41, 5.74) is 0.903. The van der Waals surface area contributed by atoms with Gasteiger partial charge in [-0.05, 0) is 39.0 Å². The van der Waals surface area contributed by atoms with Crippen molar-refractivity contribution in [3.05, 3.63) is 54.8 Å². The Bertz CT molecular complexity index is 444. The van der Waals surface area contributed by atoms with E-state index in [9.17, 15) is 8.78 Å². The summed E-state index contributed by atoms with van der Waals surface area (Å²) in [5.74, 6) is -1.72. The first-order chi connectivity index (χ1) is 7.77. The molecule has 0 saturated heterocycles. The Morgan fingerprint density at radius 3 is 2.24 bits per heavy atom. The van der Waals surface area contributed by atoms with Crippen molar-refractivity contribution >= 4 is 5.69 Å². The molecule has 0 aliphatic rings. The van der Waals surface area contributed by atoms with E-state index in [4.69, 9.17) is 0 Å². The standard InChI is InChI=1S/C14H17F2N/c1-6-10(2)17(14(3,4)5)11-7-8-12(15)13(16)9-11/h6-9H,1-2H2,3-5H3. The number of hydrogen-bond donors (Lipinski definition) is 0. The second-order valence-corrected chi connectivity index (χ2v) is 4.80. The highest BCUT2D eigenvalue weighted by atomic mass is 19.2. The maximum absolute atomic E-state index is 13.2. The van der Waals surface area contributed by atoms with Gasteiger partial charge in [-0.2, -0.15) is 0 Å². The van der Waals surface area contributed by atoms with Crippen LogP contribution in [0.1, 0.15) is 20.8 Å². The van der Waals surface area contributed by atoms with Crippen molar-refractivity contribution in [3.8, 4) is 0 Å². The minimum absolute atomic E-state index is 0.296. The molecule has 1 aromatic rings. The first-order valence-electron chi connectivity index (χ1n) is 5.34. The van der Waals surface area contributed by atoms with E-state index >= 15 is 0 Å². The van der Waals surface area contributed by atoms with Crippen LogP contribution in [0.15, 0.2) is 43.1 Å². The van der Waals surface area contributed by atoms with Crippen LogP contribution >= 0.6 is 0 Å². The molecule has 92 valence electrons. The highest BCUT2D eigenvalue weighted by Crippen LogP contribution is 2.29. The summed E-state index contributed by atoms with van der Waals surface area (Å²) in [7, 11) is 0. The lowest BCUT2D eigenvalue weighted by atomic mass is 10.0. The van der Waals surface area contributed by atoms with Gasteiger partial charge in [0.1, 0.15) is 0 Å². The predicted octanol–water partition coefficient (Wildman–Crippen LogP) is 4.27. The fourth-order valence-corrected chi connectivity index (χ4v) is 1.70. The molecular formula is C14H17F2N. The molecule has 0 unspecified atom stereocenters. The van der Waals surface area contributed by atoms with E-state index in [1.807, 2.05) is 25.7 Å². The topological polar surface area (TPSA) is 3.24 Å². The number of halogens is 2. The minimum Gasteiger partial charge on any atom is -0.337 e. The zero-order chi connectivity index (χ0) is 13.2. The van der Waals surface area contributed by atoms with Crippen LogP contribution in [-0.4, -0.2) is 5.54 Å². The second kappa shape index (κ2) is 4.70. The normalized spacial score (nSPS) is 11.1. The Morgan fingerprint density at radius 2 is 1.82 bits per heavy atom. The first kappa shape index (κ1) is 13.4. The van der Waals surface area contributed by atoms with Gasteiger partial charge in [0.15, 0.2) is 11.6 Å². The van der Waals surface area contributed by atoms with E-state index in [0.29, 0.717) is 11.4 Å². The van der Waals surface area contributed by atoms with Crippen LogP contribution in [0, 0.1) is 11.6 Å². The molecular weight excluding hydrogens is 220 g/mol. The monoisotopic (exact) mass is 237 g/mol. The van der Waals surface area contributed by atoms with Crippen LogP contribution in [0.4, 0.5) is 14.5 Å². The quantitative estimate of drug-likeness (QED) is 0.710. The smallest absolute Gasteiger partial charge is 0.160 e. The fourth-order valence-electron chi connectivity index (χ4n) is 1.70. The number of anilines is 1. The number of hydrogen-bond acceptors (Lipinski definition) is 1. The van der Waals surface area contributed by atoms with Gasteiger partial charge in [-0.15, -0.1) is 0 Å². The second-order valence-electron chi connectivity index (χ2n) is 4.80. The molecule has 0 spiro atoms. The molecule has 1 rings (SSSR count). The molecule has 0 saturated carbocycles. The van der Waals surface area contributed by atoms with Gasteiger partial charge in [-0.3, -0.25) is 0 Å². The van der Waals surface area contributed by atoms with Gasteiger partial charge in [-0.1, -0.05) is 13.2 Å². The first-order valence-corrected chi connectivity index (χ1v) is 5.34. The van der Waals surface area contributed by atoms with Crippen molar-refractivity contribution in [1.82, 2.24) is 0 Å². The fraction of sp³-hybridized carbons (Fsp3) is 0.286. The van der Waals surface area contributed by atoms with E-state index < -0.39 is 11.6 Å². The van der Waals surface area contributed by atoms with Crippen LogP contribution in [0.2, 0.25) is 0 Å². The molecule has 0 heterocycles. The van der Waals surface area contributed by atoms with E-state index in [1.165, 1.54) is 6.07 Å². The summed E-state index contributed by atoms with van der Waals surface area (Å²) in [6.45, 7) is 13.4. The lowest BCUT2D eigenvalue weighted by molar-refractivity contribution is 0.504. The van der Waals surface area contributed by atoms with Crippen molar-refractivity contribution in [2.75, 3.05) is 4.90 Å². The largest absolute Gasteiger partial charge is 0.337 e. The molecule has 0 aliphatic carbocycles. The number of nitrogens with zero attached hydrogens (tertiary/aromatic N) is 1. The van der Waals surface area contributed by atoms with Gasteiger partial charge in [0.2, 0.25) is 0 Å². The summed E-state index contributed by atoms with van der Waals surface area (Å²) >= 11 is 0. The molecule has 3 heteroatoms. The van der Waals surface area contributed by atoms with E-state index in [1.54, 1.807) is 6.08 Å². The zero-order valence-corrected chi connectivity index (χ0v) is 10.4. The molecule has 0 atom stereocenters. The number of benzene rings is 1. The molecule has 1 aromatic carbocycles. The van der Waals surface area contributed by atoms with E-state index in [-0.39, 0.29) is 5.54 Å². The Hall–Kier alpha value is -1.64. The maximum atomic E-state index is 13.2. The summed E-state index contributed by atoms with van der Waals surface area (Å²) in [4.78, 5) is 1.81. The van der Waals surface area contributed by atoms with Crippen LogP contribution in [0.3, 0.4) is 0 Å². The average Bonchev–Trinajstić information content (AvgIpc) is 2.21. The summed E-state index contributed by atoms with van der Waals surface area (Å²) in [6.07, 6.45) is 1.59. The van der Waals surface area contributed by atoms with E-state index in [0.717, 1.165) is 12.1 Å². The molecule has 0 radical (unpaired) electrons. The van der Waals surface area contributed by atoms with Gasteiger partial charge >= 0.3 is 0 Å². The molecule has 0 aliphatic heterocycles. The molecule has 0 N–H and O–H groups in total. The molecule has 0 bridgehead atoms. The van der Waals surface area contributed by atoms with Crippen molar-refractivity contribution in [2.24, 2.45) is 0 Å². The van der Waals surface area contributed by atoms with Gasteiger partial charge in [0.25, 0.3) is 0 Å². The van der Waals surface area contributed by atoms with Gasteiger partial charge in [-0.25, -0.2) is 8.78 Å². The Balaban J connectivity index is 3.27. The number of rotatable bonds is 3. The Labute approximate surface area is 101 Å². The van der Waals surface area contributed by atoms with E-state index in [2.05, 4.69) is 13.2 Å². The molecule has 0 amide bonds. The maximum Gasteiger partial charge on any atom is 0.160 e. The van der Waals surface area contributed by atoms with Gasteiger partial charge in [0.05, 0.1) is 0 Å². The van der Waals surface area contributed by atoms with Crippen LogP contribution in [0.5, 0.6) is 0 Å². The molecule has 0 aromatic heterocycles. The summed E-state index contributed by atoms with van der Waals surface area (Å²) in [6, 6.07) is 3.80. The van der Waals surface area contributed by atoms with Crippen LogP contribution in [0.25, 0.3) is 0 Å². The zero-order valence-electron chi connectivity index (χ0n) is 10.4. The molecule has 1 nitrogen and oxygen atoms in total. The third kappa shape index (κ3) is 2.93. The van der Waals surface area contributed by atoms with Crippen molar-refractivity contribution < 1.29 is 8.78 Å². The lowest BCUT2D eigenvalue weighted by Crippen LogP contribution is -2.40. The average molecular weight is 237 g/mol. The third-order valence-electron chi connectivity index (χ3n) is 2.36. The predicted molar refractivity (Wildman–Crippen MR) is 67.9 cm³/mol. The van der Waals surface area contributed by atoms with Crippen molar-refractivity contribution in [3.63, 3.8) is 0 Å². The Kier molecular flexibility index (Phi) is 3.71. The summed E-state index contributed by atoms with van der Waals surface area (Å²) < 4.78 is 26.1. The van der Waals surface area contributed by atoms with Crippen LogP contribution < -0.4 is 4.90 Å². The van der Waals surface area contributed by atoms with Gasteiger partial charge in [0, 0.05) is 23.0 Å². The molecule has 17 heavy (non-hydrogen) atoms. The summed E-state index contributed by atoms with van der Waals surface area (Å²) in [5, 5.41) is 0. The molecule has 0 fully saturated rings. The number of allylic oxidation sites excluding steroid dienone is 1.